The SMILES string of the molecule is CC(C)(C)c1ccc(-c2nc(C3CC(=O)N(CCc4ccccc4)C3)no2)cc1. The second kappa shape index (κ2) is 7.82. The van der Waals surface area contributed by atoms with Crippen molar-refractivity contribution in [1.82, 2.24) is 15.0 Å². The number of hydrogen-bond acceptors (Lipinski definition) is 4. The van der Waals surface area contributed by atoms with E-state index in [0.29, 0.717) is 24.7 Å². The van der Waals surface area contributed by atoms with Crippen molar-refractivity contribution in [2.75, 3.05) is 13.1 Å². The molecule has 0 bridgehead atoms. The van der Waals surface area contributed by atoms with Crippen molar-refractivity contribution in [1.29, 1.82) is 0 Å². The Kier molecular flexibility index (Phi) is 5.22. The molecule has 29 heavy (non-hydrogen) atoms. The van der Waals surface area contributed by atoms with Crippen LogP contribution in [0.25, 0.3) is 11.5 Å². The van der Waals surface area contributed by atoms with Crippen LogP contribution in [0.2, 0.25) is 0 Å². The van der Waals surface area contributed by atoms with E-state index >= 15 is 0 Å². The highest BCUT2D eigenvalue weighted by molar-refractivity contribution is 5.79. The average molecular weight is 389 g/mol. The first-order valence-corrected chi connectivity index (χ1v) is 10.2. The lowest BCUT2D eigenvalue weighted by atomic mass is 9.87. The number of rotatable bonds is 5. The normalized spacial score (nSPS) is 17.1. The van der Waals surface area contributed by atoms with Gasteiger partial charge in [0, 0.05) is 31.0 Å². The van der Waals surface area contributed by atoms with Crippen molar-refractivity contribution < 1.29 is 9.32 Å². The summed E-state index contributed by atoms with van der Waals surface area (Å²) in [6.07, 6.45) is 1.30. The van der Waals surface area contributed by atoms with E-state index in [2.05, 4.69) is 55.2 Å². The van der Waals surface area contributed by atoms with Crippen LogP contribution >= 0.6 is 0 Å². The van der Waals surface area contributed by atoms with Crippen LogP contribution in [-0.2, 0) is 16.6 Å². The molecule has 0 radical (unpaired) electrons. The fourth-order valence-corrected chi connectivity index (χ4v) is 3.70. The molecule has 1 aromatic heterocycles. The number of carbonyl (C=O) groups is 1. The van der Waals surface area contributed by atoms with Crippen LogP contribution in [0.15, 0.2) is 59.1 Å². The molecular weight excluding hydrogens is 362 g/mol. The molecule has 3 aromatic rings. The van der Waals surface area contributed by atoms with Gasteiger partial charge in [-0.25, -0.2) is 0 Å². The van der Waals surface area contributed by atoms with Crippen LogP contribution < -0.4 is 0 Å². The highest BCUT2D eigenvalue weighted by Crippen LogP contribution is 2.29. The van der Waals surface area contributed by atoms with E-state index in [1.165, 1.54) is 11.1 Å². The minimum Gasteiger partial charge on any atom is -0.342 e. The van der Waals surface area contributed by atoms with E-state index in [0.717, 1.165) is 18.5 Å². The summed E-state index contributed by atoms with van der Waals surface area (Å²) in [4.78, 5) is 18.9. The van der Waals surface area contributed by atoms with Gasteiger partial charge in [-0.05, 0) is 35.1 Å². The fraction of sp³-hybridized carbons (Fsp3) is 0.375. The summed E-state index contributed by atoms with van der Waals surface area (Å²) in [6, 6.07) is 18.5. The van der Waals surface area contributed by atoms with Crippen LogP contribution in [-0.4, -0.2) is 34.0 Å². The van der Waals surface area contributed by atoms with Crippen LogP contribution in [0, 0.1) is 0 Å². The van der Waals surface area contributed by atoms with E-state index in [-0.39, 0.29) is 17.2 Å². The van der Waals surface area contributed by atoms with Crippen LogP contribution in [0.4, 0.5) is 0 Å². The number of hydrogen-bond donors (Lipinski definition) is 0. The van der Waals surface area contributed by atoms with Crippen LogP contribution in [0.1, 0.15) is 50.1 Å². The highest BCUT2D eigenvalue weighted by atomic mass is 16.5. The molecule has 1 aliphatic heterocycles. The van der Waals surface area contributed by atoms with E-state index < -0.39 is 0 Å². The maximum absolute atomic E-state index is 12.4. The summed E-state index contributed by atoms with van der Waals surface area (Å²) in [5, 5.41) is 4.17. The van der Waals surface area contributed by atoms with E-state index in [1.807, 2.05) is 35.2 Å². The summed E-state index contributed by atoms with van der Waals surface area (Å²) in [5.74, 6) is 1.28. The van der Waals surface area contributed by atoms with Gasteiger partial charge in [0.25, 0.3) is 5.89 Å². The van der Waals surface area contributed by atoms with E-state index in [4.69, 9.17) is 4.52 Å². The number of nitrogens with zero attached hydrogens (tertiary/aromatic N) is 3. The van der Waals surface area contributed by atoms with Crippen molar-refractivity contribution in [3.63, 3.8) is 0 Å². The molecule has 0 spiro atoms. The predicted octanol–water partition coefficient (Wildman–Crippen LogP) is 4.59. The fourth-order valence-electron chi connectivity index (χ4n) is 3.70. The lowest BCUT2D eigenvalue weighted by molar-refractivity contribution is -0.127. The number of likely N-dealkylation sites (tertiary alicyclic amines) is 1. The molecule has 1 unspecified atom stereocenters. The molecule has 0 aliphatic carbocycles. The van der Waals surface area contributed by atoms with E-state index in [9.17, 15) is 4.79 Å². The van der Waals surface area contributed by atoms with E-state index in [1.54, 1.807) is 0 Å². The van der Waals surface area contributed by atoms with Gasteiger partial charge in [-0.1, -0.05) is 68.4 Å². The van der Waals surface area contributed by atoms with Crippen molar-refractivity contribution in [3.8, 4) is 11.5 Å². The lowest BCUT2D eigenvalue weighted by Gasteiger charge is -2.18. The summed E-state index contributed by atoms with van der Waals surface area (Å²) in [7, 11) is 0. The summed E-state index contributed by atoms with van der Waals surface area (Å²) < 4.78 is 5.50. The molecule has 1 saturated heterocycles. The molecule has 2 heterocycles. The van der Waals surface area contributed by atoms with Gasteiger partial charge in [-0.2, -0.15) is 4.98 Å². The molecule has 5 nitrogen and oxygen atoms in total. The second-order valence-corrected chi connectivity index (χ2v) is 8.76. The molecular formula is C24H27N3O2. The first kappa shape index (κ1) is 19.4. The standard InChI is InChI=1S/C24H27N3O2/c1-24(2,3)20-11-9-18(10-12-20)23-25-22(26-29-23)19-15-21(28)27(16-19)14-13-17-7-5-4-6-8-17/h4-12,19H,13-16H2,1-3H3. The molecule has 2 aromatic carbocycles. The Morgan fingerprint density at radius 2 is 1.79 bits per heavy atom. The monoisotopic (exact) mass is 389 g/mol. The minimum atomic E-state index is -0.00961. The van der Waals surface area contributed by atoms with Gasteiger partial charge < -0.3 is 9.42 Å². The number of benzene rings is 2. The van der Waals surface area contributed by atoms with Crippen molar-refractivity contribution in [2.45, 2.75) is 44.9 Å². The maximum Gasteiger partial charge on any atom is 0.257 e. The molecule has 4 rings (SSSR count). The van der Waals surface area contributed by atoms with Gasteiger partial charge in [-0.15, -0.1) is 0 Å². The Balaban J connectivity index is 1.41. The van der Waals surface area contributed by atoms with Gasteiger partial charge in [0.05, 0.1) is 0 Å². The lowest BCUT2D eigenvalue weighted by Crippen LogP contribution is -2.27. The quantitative estimate of drug-likeness (QED) is 0.640. The third-order valence-electron chi connectivity index (χ3n) is 5.53. The average Bonchev–Trinajstić information content (AvgIpc) is 3.34. The second-order valence-electron chi connectivity index (χ2n) is 8.76. The first-order chi connectivity index (χ1) is 13.9. The van der Waals surface area contributed by atoms with Gasteiger partial charge >= 0.3 is 0 Å². The Morgan fingerprint density at radius 1 is 1.07 bits per heavy atom. The number of carbonyl (C=O) groups excluding carboxylic acids is 1. The Bertz CT molecular complexity index is 971. The third-order valence-corrected chi connectivity index (χ3v) is 5.53. The Morgan fingerprint density at radius 3 is 2.48 bits per heavy atom. The molecule has 1 atom stereocenters. The smallest absolute Gasteiger partial charge is 0.257 e. The van der Waals surface area contributed by atoms with Gasteiger partial charge in [-0.3, -0.25) is 4.79 Å². The van der Waals surface area contributed by atoms with Gasteiger partial charge in [0.2, 0.25) is 5.91 Å². The third kappa shape index (κ3) is 4.39. The van der Waals surface area contributed by atoms with Crippen LogP contribution in [0.3, 0.4) is 0 Å². The van der Waals surface area contributed by atoms with Gasteiger partial charge in [0.1, 0.15) is 0 Å². The summed E-state index contributed by atoms with van der Waals surface area (Å²) in [5.41, 5.74) is 3.51. The maximum atomic E-state index is 12.4. The highest BCUT2D eigenvalue weighted by Gasteiger charge is 2.33. The minimum absolute atomic E-state index is 0.00961. The molecule has 0 saturated carbocycles. The zero-order valence-corrected chi connectivity index (χ0v) is 17.3. The molecule has 150 valence electrons. The summed E-state index contributed by atoms with van der Waals surface area (Å²) in [6.45, 7) is 7.93. The first-order valence-electron chi connectivity index (χ1n) is 10.2. The van der Waals surface area contributed by atoms with Crippen LogP contribution in [0.5, 0.6) is 0 Å². The molecule has 1 fully saturated rings. The van der Waals surface area contributed by atoms with Gasteiger partial charge in [0.15, 0.2) is 5.82 Å². The topological polar surface area (TPSA) is 59.2 Å². The zero-order chi connectivity index (χ0) is 20.4. The molecule has 1 aliphatic rings. The zero-order valence-electron chi connectivity index (χ0n) is 17.3. The molecule has 0 N–H and O–H groups in total. The number of amides is 1. The van der Waals surface area contributed by atoms with Crippen molar-refractivity contribution >= 4 is 5.91 Å². The Labute approximate surface area is 171 Å². The molecule has 1 amide bonds. The Hall–Kier alpha value is -2.95. The number of aromatic nitrogens is 2. The summed E-state index contributed by atoms with van der Waals surface area (Å²) >= 11 is 0. The molecule has 5 heteroatoms. The van der Waals surface area contributed by atoms with Crippen molar-refractivity contribution in [3.05, 3.63) is 71.5 Å². The predicted molar refractivity (Wildman–Crippen MR) is 113 cm³/mol. The largest absolute Gasteiger partial charge is 0.342 e. The van der Waals surface area contributed by atoms with Crippen molar-refractivity contribution in [2.24, 2.45) is 0 Å².